The highest BCUT2D eigenvalue weighted by Crippen LogP contribution is 2.31. The molecular weight excluding hydrogens is 238 g/mol. The van der Waals surface area contributed by atoms with E-state index >= 15 is 0 Å². The number of rotatable bonds is 8. The summed E-state index contributed by atoms with van der Waals surface area (Å²) in [4.78, 5) is 0. The van der Waals surface area contributed by atoms with E-state index in [2.05, 4.69) is 13.8 Å². The van der Waals surface area contributed by atoms with Gasteiger partial charge in [-0.15, -0.1) is 0 Å². The summed E-state index contributed by atoms with van der Waals surface area (Å²) >= 11 is 0. The number of hydrogen-bond acceptors (Lipinski definition) is 3. The van der Waals surface area contributed by atoms with E-state index in [1.54, 1.807) is 0 Å². The molecule has 3 nitrogen and oxygen atoms in total. The van der Waals surface area contributed by atoms with Crippen molar-refractivity contribution in [2.75, 3.05) is 18.9 Å². The first-order valence-corrected chi connectivity index (χ1v) is 7.20. The zero-order valence-electron chi connectivity index (χ0n) is 12.4. The lowest BCUT2D eigenvalue weighted by Crippen LogP contribution is -2.03. The Bertz CT molecular complexity index is 389. The summed E-state index contributed by atoms with van der Waals surface area (Å²) in [6.45, 7) is 7.33. The molecule has 1 aromatic carbocycles. The molecule has 1 aromatic rings. The van der Waals surface area contributed by atoms with Crippen LogP contribution in [0, 0.1) is 6.92 Å². The molecule has 3 heteroatoms. The first-order chi connectivity index (χ1) is 9.06. The van der Waals surface area contributed by atoms with Crippen LogP contribution >= 0.6 is 0 Å². The van der Waals surface area contributed by atoms with Gasteiger partial charge in [0, 0.05) is 12.3 Å². The number of unbranched alkanes of at least 4 members (excludes halogenated alkanes) is 3. The van der Waals surface area contributed by atoms with Gasteiger partial charge in [-0.1, -0.05) is 20.3 Å². The minimum Gasteiger partial charge on any atom is -0.493 e. The molecule has 0 aliphatic rings. The number of aliphatic hydroxyl groups excluding tert-OH is 1. The van der Waals surface area contributed by atoms with Gasteiger partial charge in [0.25, 0.3) is 0 Å². The molecule has 0 fully saturated rings. The summed E-state index contributed by atoms with van der Waals surface area (Å²) < 4.78 is 5.90. The number of hydrogen-bond donors (Lipinski definition) is 2. The van der Waals surface area contributed by atoms with Gasteiger partial charge in [0.05, 0.1) is 6.61 Å². The van der Waals surface area contributed by atoms with Crippen LogP contribution in [0.1, 0.15) is 56.6 Å². The van der Waals surface area contributed by atoms with E-state index in [0.717, 1.165) is 49.3 Å². The van der Waals surface area contributed by atoms with Gasteiger partial charge >= 0.3 is 0 Å². The van der Waals surface area contributed by atoms with Crippen LogP contribution < -0.4 is 10.5 Å². The molecule has 0 spiro atoms. The van der Waals surface area contributed by atoms with E-state index in [0.29, 0.717) is 5.92 Å². The maximum absolute atomic E-state index is 8.71. The molecule has 1 rings (SSSR count). The summed E-state index contributed by atoms with van der Waals surface area (Å²) in [6, 6.07) is 4.07. The second kappa shape index (κ2) is 8.05. The Morgan fingerprint density at radius 2 is 1.84 bits per heavy atom. The third kappa shape index (κ3) is 5.11. The van der Waals surface area contributed by atoms with Crippen LogP contribution in [0.5, 0.6) is 5.75 Å². The zero-order chi connectivity index (χ0) is 14.3. The highest BCUT2D eigenvalue weighted by Gasteiger charge is 2.10. The number of ether oxygens (including phenoxy) is 1. The van der Waals surface area contributed by atoms with Gasteiger partial charge in [0.15, 0.2) is 0 Å². The fourth-order valence-corrected chi connectivity index (χ4v) is 2.04. The summed E-state index contributed by atoms with van der Waals surface area (Å²) in [7, 11) is 0. The molecule has 0 bridgehead atoms. The first-order valence-electron chi connectivity index (χ1n) is 7.20. The summed E-state index contributed by atoms with van der Waals surface area (Å²) in [6.07, 6.45) is 4.09. The van der Waals surface area contributed by atoms with Gasteiger partial charge in [-0.25, -0.2) is 0 Å². The lowest BCUT2D eigenvalue weighted by atomic mass is 9.99. The zero-order valence-corrected chi connectivity index (χ0v) is 12.4. The van der Waals surface area contributed by atoms with Crippen LogP contribution in [-0.4, -0.2) is 18.3 Å². The molecule has 0 unspecified atom stereocenters. The Labute approximate surface area is 116 Å². The number of aliphatic hydroxyl groups is 1. The van der Waals surface area contributed by atoms with Gasteiger partial charge in [-0.05, 0) is 55.4 Å². The fraction of sp³-hybridized carbons (Fsp3) is 0.625. The topological polar surface area (TPSA) is 55.5 Å². The Morgan fingerprint density at radius 3 is 2.47 bits per heavy atom. The molecule has 108 valence electrons. The smallest absolute Gasteiger partial charge is 0.123 e. The molecule has 0 saturated heterocycles. The van der Waals surface area contributed by atoms with Crippen molar-refractivity contribution in [3.8, 4) is 5.75 Å². The normalized spacial score (nSPS) is 11.0. The monoisotopic (exact) mass is 265 g/mol. The molecule has 0 heterocycles. The number of nitrogens with two attached hydrogens (primary N) is 1. The van der Waals surface area contributed by atoms with Gasteiger partial charge in [-0.3, -0.25) is 0 Å². The van der Waals surface area contributed by atoms with Crippen molar-refractivity contribution >= 4 is 5.69 Å². The van der Waals surface area contributed by atoms with Crippen LogP contribution in [0.15, 0.2) is 12.1 Å². The molecule has 19 heavy (non-hydrogen) atoms. The Balaban J connectivity index is 2.54. The maximum atomic E-state index is 8.71. The molecule has 0 aromatic heterocycles. The van der Waals surface area contributed by atoms with E-state index in [1.165, 1.54) is 5.56 Å². The van der Waals surface area contributed by atoms with Crippen molar-refractivity contribution in [1.29, 1.82) is 0 Å². The summed E-state index contributed by atoms with van der Waals surface area (Å²) in [5.41, 5.74) is 9.04. The predicted molar refractivity (Wildman–Crippen MR) is 80.7 cm³/mol. The number of benzene rings is 1. The summed E-state index contributed by atoms with van der Waals surface area (Å²) in [5, 5.41) is 8.71. The van der Waals surface area contributed by atoms with Crippen LogP contribution in [0.3, 0.4) is 0 Å². The Kier molecular flexibility index (Phi) is 6.71. The lowest BCUT2D eigenvalue weighted by molar-refractivity contribution is 0.272. The van der Waals surface area contributed by atoms with Crippen LogP contribution in [0.25, 0.3) is 0 Å². The van der Waals surface area contributed by atoms with Gasteiger partial charge < -0.3 is 15.6 Å². The van der Waals surface area contributed by atoms with Gasteiger partial charge in [0.2, 0.25) is 0 Å². The molecule has 0 atom stereocenters. The van der Waals surface area contributed by atoms with Crippen molar-refractivity contribution < 1.29 is 9.84 Å². The van der Waals surface area contributed by atoms with E-state index in [-0.39, 0.29) is 6.61 Å². The van der Waals surface area contributed by atoms with E-state index in [9.17, 15) is 0 Å². The van der Waals surface area contributed by atoms with E-state index < -0.39 is 0 Å². The molecule has 0 radical (unpaired) electrons. The Hall–Kier alpha value is -1.22. The number of aryl methyl sites for hydroxylation is 1. The summed E-state index contributed by atoms with van der Waals surface area (Å²) in [5.74, 6) is 1.37. The first kappa shape index (κ1) is 15.8. The highest BCUT2D eigenvalue weighted by molar-refractivity contribution is 5.55. The van der Waals surface area contributed by atoms with Crippen molar-refractivity contribution in [1.82, 2.24) is 0 Å². The average Bonchev–Trinajstić information content (AvgIpc) is 2.37. The van der Waals surface area contributed by atoms with Gasteiger partial charge in [-0.2, -0.15) is 0 Å². The average molecular weight is 265 g/mol. The second-order valence-corrected chi connectivity index (χ2v) is 5.39. The minimum absolute atomic E-state index is 0.287. The molecule has 3 N–H and O–H groups in total. The van der Waals surface area contributed by atoms with Crippen molar-refractivity contribution in [3.05, 3.63) is 23.3 Å². The van der Waals surface area contributed by atoms with Crippen molar-refractivity contribution in [3.63, 3.8) is 0 Å². The quantitative estimate of drug-likeness (QED) is 0.557. The molecule has 0 amide bonds. The van der Waals surface area contributed by atoms with Crippen LogP contribution in [0.2, 0.25) is 0 Å². The highest BCUT2D eigenvalue weighted by atomic mass is 16.5. The van der Waals surface area contributed by atoms with Crippen LogP contribution in [0.4, 0.5) is 5.69 Å². The molecule has 0 aliphatic heterocycles. The minimum atomic E-state index is 0.287. The molecular formula is C16H27NO2. The second-order valence-electron chi connectivity index (χ2n) is 5.39. The van der Waals surface area contributed by atoms with E-state index in [1.807, 2.05) is 19.1 Å². The number of nitrogen functional groups attached to an aromatic ring is 1. The fourth-order valence-electron chi connectivity index (χ4n) is 2.04. The molecule has 0 saturated carbocycles. The lowest BCUT2D eigenvalue weighted by Gasteiger charge is -2.16. The van der Waals surface area contributed by atoms with Gasteiger partial charge in [0.1, 0.15) is 5.75 Å². The van der Waals surface area contributed by atoms with Crippen molar-refractivity contribution in [2.45, 2.75) is 52.4 Å². The third-order valence-electron chi connectivity index (χ3n) is 3.33. The largest absolute Gasteiger partial charge is 0.493 e. The predicted octanol–water partition coefficient (Wildman–Crippen LogP) is 3.63. The third-order valence-corrected chi connectivity index (χ3v) is 3.33. The molecule has 0 aliphatic carbocycles. The SMILES string of the molecule is Cc1cc(OCCCCCCO)c(C(C)C)cc1N. The maximum Gasteiger partial charge on any atom is 0.123 e. The van der Waals surface area contributed by atoms with Crippen molar-refractivity contribution in [2.24, 2.45) is 0 Å². The number of anilines is 1. The standard InChI is InChI=1S/C16H27NO2/c1-12(2)14-11-15(17)13(3)10-16(14)19-9-7-5-4-6-8-18/h10-12,18H,4-9,17H2,1-3H3. The van der Waals surface area contributed by atoms with Crippen LogP contribution in [-0.2, 0) is 0 Å². The van der Waals surface area contributed by atoms with E-state index in [4.69, 9.17) is 15.6 Å². The Morgan fingerprint density at radius 1 is 1.16 bits per heavy atom.